The topological polar surface area (TPSA) is 41.6 Å². The predicted molar refractivity (Wildman–Crippen MR) is 50.5 cm³/mol. The van der Waals surface area contributed by atoms with Gasteiger partial charge in [-0.05, 0) is 0 Å². The number of likely N-dealkylation sites (N-methyl/N-ethyl adjacent to an activating group) is 1. The molecule has 13 heavy (non-hydrogen) atoms. The minimum atomic E-state index is 0.161. The van der Waals surface area contributed by atoms with Gasteiger partial charge < -0.3 is 15.0 Å². The molecule has 1 aliphatic heterocycles. The van der Waals surface area contributed by atoms with Crippen molar-refractivity contribution < 1.29 is 9.53 Å². The number of nitrogens with one attached hydrogen (secondary N) is 1. The summed E-state index contributed by atoms with van der Waals surface area (Å²) in [5.41, 5.74) is 0. The minimum Gasteiger partial charge on any atom is -0.374 e. The molecule has 0 spiro atoms. The van der Waals surface area contributed by atoms with Crippen LogP contribution in [0.3, 0.4) is 0 Å². The van der Waals surface area contributed by atoms with Crippen molar-refractivity contribution in [3.8, 4) is 0 Å². The highest BCUT2D eigenvalue weighted by Crippen LogP contribution is 1.99. The molecule has 76 valence electrons. The number of ether oxygens (including phenoxy) is 1. The van der Waals surface area contributed by atoms with E-state index in [9.17, 15) is 4.79 Å². The standard InChI is InChI=1S/C9H18N2O2/c1-3-9(12)11(2)7-8-6-10-4-5-13-8/h8,10H,3-7H2,1-2H3. The Morgan fingerprint density at radius 2 is 2.46 bits per heavy atom. The molecule has 0 radical (unpaired) electrons. The van der Waals surface area contributed by atoms with Crippen molar-refractivity contribution in [2.45, 2.75) is 19.4 Å². The Morgan fingerprint density at radius 1 is 1.69 bits per heavy atom. The molecule has 1 N–H and O–H groups in total. The van der Waals surface area contributed by atoms with Crippen LogP contribution in [0.15, 0.2) is 0 Å². The Bertz CT molecular complexity index is 167. The molecule has 0 bridgehead atoms. The number of carbonyl (C=O) groups is 1. The van der Waals surface area contributed by atoms with Gasteiger partial charge in [-0.3, -0.25) is 4.79 Å². The van der Waals surface area contributed by atoms with E-state index in [0.717, 1.165) is 19.7 Å². The lowest BCUT2D eigenvalue weighted by atomic mass is 10.3. The summed E-state index contributed by atoms with van der Waals surface area (Å²) in [6.45, 7) is 5.08. The summed E-state index contributed by atoms with van der Waals surface area (Å²) < 4.78 is 5.49. The monoisotopic (exact) mass is 186 g/mol. The van der Waals surface area contributed by atoms with E-state index in [-0.39, 0.29) is 12.0 Å². The van der Waals surface area contributed by atoms with Crippen LogP contribution in [0.5, 0.6) is 0 Å². The van der Waals surface area contributed by atoms with Gasteiger partial charge in [0.1, 0.15) is 0 Å². The molecule has 1 amide bonds. The highest BCUT2D eigenvalue weighted by Gasteiger charge is 2.17. The van der Waals surface area contributed by atoms with E-state index in [0.29, 0.717) is 13.0 Å². The Balaban J connectivity index is 2.25. The van der Waals surface area contributed by atoms with Crippen molar-refractivity contribution in [3.63, 3.8) is 0 Å². The molecule has 1 unspecified atom stereocenters. The van der Waals surface area contributed by atoms with E-state index < -0.39 is 0 Å². The van der Waals surface area contributed by atoms with E-state index in [1.165, 1.54) is 0 Å². The summed E-state index contributed by atoms with van der Waals surface area (Å²) in [5.74, 6) is 0.175. The lowest BCUT2D eigenvalue weighted by Crippen LogP contribution is -2.45. The lowest BCUT2D eigenvalue weighted by Gasteiger charge is -2.27. The zero-order chi connectivity index (χ0) is 9.68. The van der Waals surface area contributed by atoms with Crippen LogP contribution in [-0.2, 0) is 9.53 Å². The van der Waals surface area contributed by atoms with E-state index in [4.69, 9.17) is 4.74 Å². The van der Waals surface area contributed by atoms with Gasteiger partial charge >= 0.3 is 0 Å². The van der Waals surface area contributed by atoms with E-state index in [2.05, 4.69) is 5.32 Å². The molecule has 4 nitrogen and oxygen atoms in total. The molecule has 0 aromatic carbocycles. The van der Waals surface area contributed by atoms with Gasteiger partial charge in [0.05, 0.1) is 12.7 Å². The van der Waals surface area contributed by atoms with Gasteiger partial charge in [-0.25, -0.2) is 0 Å². The molecule has 1 atom stereocenters. The molecule has 1 heterocycles. The molecule has 0 aromatic rings. The highest BCUT2D eigenvalue weighted by molar-refractivity contribution is 5.75. The van der Waals surface area contributed by atoms with Gasteiger partial charge in [0.25, 0.3) is 0 Å². The second kappa shape index (κ2) is 5.19. The summed E-state index contributed by atoms with van der Waals surface area (Å²) in [5, 5.41) is 3.23. The SMILES string of the molecule is CCC(=O)N(C)CC1CNCCO1. The Kier molecular flexibility index (Phi) is 4.18. The van der Waals surface area contributed by atoms with Crippen molar-refractivity contribution in [3.05, 3.63) is 0 Å². The van der Waals surface area contributed by atoms with Crippen LogP contribution >= 0.6 is 0 Å². The molecule has 1 rings (SSSR count). The fraction of sp³-hybridized carbons (Fsp3) is 0.889. The first-order chi connectivity index (χ1) is 6.24. The predicted octanol–water partition coefficient (Wildman–Crippen LogP) is -0.157. The second-order valence-corrected chi connectivity index (χ2v) is 3.32. The van der Waals surface area contributed by atoms with Crippen LogP contribution in [0.25, 0.3) is 0 Å². The third-order valence-corrected chi connectivity index (χ3v) is 2.21. The smallest absolute Gasteiger partial charge is 0.222 e. The van der Waals surface area contributed by atoms with E-state index >= 15 is 0 Å². The van der Waals surface area contributed by atoms with Gasteiger partial charge in [0.15, 0.2) is 0 Å². The molecule has 4 heteroatoms. The van der Waals surface area contributed by atoms with Gasteiger partial charge in [-0.1, -0.05) is 6.92 Å². The summed E-state index contributed by atoms with van der Waals surface area (Å²) in [6, 6.07) is 0. The van der Waals surface area contributed by atoms with Gasteiger partial charge in [-0.15, -0.1) is 0 Å². The quantitative estimate of drug-likeness (QED) is 0.666. The largest absolute Gasteiger partial charge is 0.374 e. The lowest BCUT2D eigenvalue weighted by molar-refractivity contribution is -0.131. The summed E-state index contributed by atoms with van der Waals surface area (Å²) >= 11 is 0. The van der Waals surface area contributed by atoms with Crippen molar-refractivity contribution in [2.24, 2.45) is 0 Å². The van der Waals surface area contributed by atoms with Gasteiger partial charge in [0, 0.05) is 33.1 Å². The first-order valence-corrected chi connectivity index (χ1v) is 4.80. The molecule has 1 fully saturated rings. The molecular weight excluding hydrogens is 168 g/mol. The zero-order valence-corrected chi connectivity index (χ0v) is 8.38. The number of morpholine rings is 1. The first kappa shape index (κ1) is 10.5. The summed E-state index contributed by atoms with van der Waals surface area (Å²) in [7, 11) is 1.82. The average Bonchev–Trinajstić information content (AvgIpc) is 2.18. The fourth-order valence-corrected chi connectivity index (χ4v) is 1.41. The van der Waals surface area contributed by atoms with Gasteiger partial charge in [0.2, 0.25) is 5.91 Å². The third kappa shape index (κ3) is 3.32. The van der Waals surface area contributed by atoms with Crippen molar-refractivity contribution in [2.75, 3.05) is 33.3 Å². The maximum atomic E-state index is 11.2. The molecule has 1 aliphatic rings. The molecule has 0 aromatic heterocycles. The number of nitrogens with zero attached hydrogens (tertiary/aromatic N) is 1. The molecule has 1 saturated heterocycles. The number of amides is 1. The molecule has 0 saturated carbocycles. The highest BCUT2D eigenvalue weighted by atomic mass is 16.5. The number of carbonyl (C=O) groups excluding carboxylic acids is 1. The van der Waals surface area contributed by atoms with Crippen molar-refractivity contribution in [1.82, 2.24) is 10.2 Å². The number of hydrogen-bond donors (Lipinski definition) is 1. The normalized spacial score (nSPS) is 22.8. The van der Waals surface area contributed by atoms with E-state index in [1.807, 2.05) is 14.0 Å². The van der Waals surface area contributed by atoms with Crippen LogP contribution in [0.4, 0.5) is 0 Å². The number of hydrogen-bond acceptors (Lipinski definition) is 3. The first-order valence-electron chi connectivity index (χ1n) is 4.80. The number of rotatable bonds is 3. The van der Waals surface area contributed by atoms with Gasteiger partial charge in [-0.2, -0.15) is 0 Å². The van der Waals surface area contributed by atoms with Crippen LogP contribution < -0.4 is 5.32 Å². The fourth-order valence-electron chi connectivity index (χ4n) is 1.41. The molecule has 0 aliphatic carbocycles. The van der Waals surface area contributed by atoms with Crippen LogP contribution in [0, 0.1) is 0 Å². The van der Waals surface area contributed by atoms with E-state index in [1.54, 1.807) is 4.90 Å². The Hall–Kier alpha value is -0.610. The third-order valence-electron chi connectivity index (χ3n) is 2.21. The van der Waals surface area contributed by atoms with Crippen LogP contribution in [0.2, 0.25) is 0 Å². The Labute approximate surface area is 79.2 Å². The van der Waals surface area contributed by atoms with Crippen molar-refractivity contribution >= 4 is 5.91 Å². The summed E-state index contributed by atoms with van der Waals surface area (Å²) in [6.07, 6.45) is 0.727. The zero-order valence-electron chi connectivity index (χ0n) is 8.38. The van der Waals surface area contributed by atoms with Crippen LogP contribution in [0.1, 0.15) is 13.3 Å². The van der Waals surface area contributed by atoms with Crippen molar-refractivity contribution in [1.29, 1.82) is 0 Å². The Morgan fingerprint density at radius 3 is 3.00 bits per heavy atom. The maximum Gasteiger partial charge on any atom is 0.222 e. The second-order valence-electron chi connectivity index (χ2n) is 3.32. The minimum absolute atomic E-state index is 0.161. The summed E-state index contributed by atoms with van der Waals surface area (Å²) in [4.78, 5) is 13.0. The molecular formula is C9H18N2O2. The average molecular weight is 186 g/mol. The maximum absolute atomic E-state index is 11.2. The van der Waals surface area contributed by atoms with Crippen LogP contribution in [-0.4, -0.2) is 50.2 Å².